The molecule has 0 spiro atoms. The van der Waals surface area contributed by atoms with Crippen molar-refractivity contribution < 1.29 is 0 Å². The van der Waals surface area contributed by atoms with E-state index in [0.29, 0.717) is 11.7 Å². The van der Waals surface area contributed by atoms with Crippen molar-refractivity contribution in [2.75, 3.05) is 5.32 Å². The number of aromatic nitrogens is 2. The molecule has 1 saturated carbocycles. The molecule has 0 aromatic carbocycles. The van der Waals surface area contributed by atoms with Gasteiger partial charge in [0.25, 0.3) is 5.56 Å². The zero-order valence-corrected chi connectivity index (χ0v) is 8.64. The van der Waals surface area contributed by atoms with Crippen LogP contribution in [0, 0.1) is 5.92 Å². The van der Waals surface area contributed by atoms with E-state index in [1.807, 2.05) is 0 Å². The summed E-state index contributed by atoms with van der Waals surface area (Å²) in [4.78, 5) is 11.1. The van der Waals surface area contributed by atoms with Gasteiger partial charge in [-0.05, 0) is 18.8 Å². The first kappa shape index (κ1) is 9.52. The summed E-state index contributed by atoms with van der Waals surface area (Å²) in [7, 11) is 0. The minimum Gasteiger partial charge on any atom is -0.380 e. The highest BCUT2D eigenvalue weighted by atomic mass is 35.5. The van der Waals surface area contributed by atoms with Crippen LogP contribution in [0.1, 0.15) is 19.8 Å². The van der Waals surface area contributed by atoms with Gasteiger partial charge in [-0.2, -0.15) is 5.10 Å². The Bertz CT molecular complexity index is 384. The first-order chi connectivity index (χ1) is 6.66. The fraction of sp³-hybridized carbons (Fsp3) is 0.556. The number of aromatic amines is 1. The first-order valence-corrected chi connectivity index (χ1v) is 5.04. The summed E-state index contributed by atoms with van der Waals surface area (Å²) in [5, 5.41) is 9.37. The maximum Gasteiger partial charge on any atom is 0.285 e. The second kappa shape index (κ2) is 3.61. The Balaban J connectivity index is 2.10. The summed E-state index contributed by atoms with van der Waals surface area (Å²) < 4.78 is 0. The van der Waals surface area contributed by atoms with Crippen molar-refractivity contribution in [3.05, 3.63) is 21.6 Å². The van der Waals surface area contributed by atoms with E-state index < -0.39 is 0 Å². The molecule has 4 nitrogen and oxygen atoms in total. The smallest absolute Gasteiger partial charge is 0.285 e. The maximum atomic E-state index is 11.1. The lowest BCUT2D eigenvalue weighted by Crippen LogP contribution is -2.34. The molecule has 2 rings (SSSR count). The number of nitrogens with zero attached hydrogens (tertiary/aromatic N) is 1. The zero-order valence-electron chi connectivity index (χ0n) is 7.88. The van der Waals surface area contributed by atoms with Gasteiger partial charge < -0.3 is 5.32 Å². The van der Waals surface area contributed by atoms with Crippen molar-refractivity contribution in [2.24, 2.45) is 5.92 Å². The highest BCUT2D eigenvalue weighted by Gasteiger charge is 2.25. The Morgan fingerprint density at radius 1 is 1.64 bits per heavy atom. The van der Waals surface area contributed by atoms with Gasteiger partial charge in [0.1, 0.15) is 5.02 Å². The van der Waals surface area contributed by atoms with Gasteiger partial charge in [-0.25, -0.2) is 5.10 Å². The van der Waals surface area contributed by atoms with Gasteiger partial charge in [-0.3, -0.25) is 4.79 Å². The van der Waals surface area contributed by atoms with Crippen molar-refractivity contribution in [2.45, 2.75) is 25.8 Å². The molecule has 0 amide bonds. The molecule has 5 heteroatoms. The van der Waals surface area contributed by atoms with E-state index in [4.69, 9.17) is 11.6 Å². The van der Waals surface area contributed by atoms with Crippen LogP contribution in [0.15, 0.2) is 11.0 Å². The van der Waals surface area contributed by atoms with Gasteiger partial charge in [0.05, 0.1) is 11.9 Å². The van der Waals surface area contributed by atoms with Crippen molar-refractivity contribution in [3.8, 4) is 0 Å². The third kappa shape index (κ3) is 1.75. The Kier molecular flexibility index (Phi) is 2.46. The molecule has 1 aliphatic rings. The van der Waals surface area contributed by atoms with Crippen LogP contribution in [0.25, 0.3) is 0 Å². The van der Waals surface area contributed by atoms with Crippen LogP contribution >= 0.6 is 11.6 Å². The Hall–Kier alpha value is -1.03. The molecule has 0 bridgehead atoms. The van der Waals surface area contributed by atoms with Crippen LogP contribution in [0.2, 0.25) is 5.02 Å². The SMILES string of the molecule is CC1CC(Nc2cn[nH]c(=O)c2Cl)C1. The summed E-state index contributed by atoms with van der Waals surface area (Å²) in [6.07, 6.45) is 3.80. The number of rotatable bonds is 2. The summed E-state index contributed by atoms with van der Waals surface area (Å²) >= 11 is 5.81. The molecule has 0 saturated heterocycles. The Morgan fingerprint density at radius 3 is 3.00 bits per heavy atom. The fourth-order valence-electron chi connectivity index (χ4n) is 1.72. The van der Waals surface area contributed by atoms with E-state index in [9.17, 15) is 4.79 Å². The van der Waals surface area contributed by atoms with Crippen LogP contribution in [-0.2, 0) is 0 Å². The largest absolute Gasteiger partial charge is 0.380 e. The molecule has 1 heterocycles. The Labute approximate surface area is 86.7 Å². The molecule has 0 radical (unpaired) electrons. The topological polar surface area (TPSA) is 57.8 Å². The lowest BCUT2D eigenvalue weighted by molar-refractivity contribution is 0.309. The van der Waals surface area contributed by atoms with E-state index in [2.05, 4.69) is 22.4 Å². The summed E-state index contributed by atoms with van der Waals surface area (Å²) in [5.41, 5.74) is 0.288. The fourth-order valence-corrected chi connectivity index (χ4v) is 1.87. The number of hydrogen-bond donors (Lipinski definition) is 2. The molecule has 0 unspecified atom stereocenters. The molecular formula is C9H12ClN3O. The van der Waals surface area contributed by atoms with Crippen LogP contribution in [0.3, 0.4) is 0 Å². The monoisotopic (exact) mass is 213 g/mol. The maximum absolute atomic E-state index is 11.1. The molecule has 1 aliphatic carbocycles. The highest BCUT2D eigenvalue weighted by molar-refractivity contribution is 6.32. The van der Waals surface area contributed by atoms with Crippen LogP contribution in [0.5, 0.6) is 0 Å². The van der Waals surface area contributed by atoms with Crippen molar-refractivity contribution >= 4 is 17.3 Å². The van der Waals surface area contributed by atoms with Crippen LogP contribution < -0.4 is 10.9 Å². The number of anilines is 1. The second-order valence-corrected chi connectivity index (χ2v) is 4.22. The van der Waals surface area contributed by atoms with E-state index in [0.717, 1.165) is 18.8 Å². The van der Waals surface area contributed by atoms with Crippen LogP contribution in [-0.4, -0.2) is 16.2 Å². The van der Waals surface area contributed by atoms with E-state index >= 15 is 0 Å². The minimum absolute atomic E-state index is 0.194. The number of nitrogens with one attached hydrogen (secondary N) is 2. The molecule has 14 heavy (non-hydrogen) atoms. The standard InChI is InChI=1S/C9H12ClN3O/c1-5-2-6(3-5)12-7-4-11-13-9(14)8(7)10/h4-6H,2-3H2,1H3,(H2,12,13,14). The average molecular weight is 214 g/mol. The van der Waals surface area contributed by atoms with Gasteiger partial charge in [0.2, 0.25) is 0 Å². The minimum atomic E-state index is -0.343. The highest BCUT2D eigenvalue weighted by Crippen LogP contribution is 2.30. The van der Waals surface area contributed by atoms with Gasteiger partial charge in [0.15, 0.2) is 0 Å². The molecule has 1 fully saturated rings. The molecule has 2 N–H and O–H groups in total. The Morgan fingerprint density at radius 2 is 2.36 bits per heavy atom. The molecule has 0 aliphatic heterocycles. The predicted molar refractivity (Wildman–Crippen MR) is 55.7 cm³/mol. The lowest BCUT2D eigenvalue weighted by Gasteiger charge is -2.34. The van der Waals surface area contributed by atoms with E-state index in [-0.39, 0.29) is 10.6 Å². The van der Waals surface area contributed by atoms with Crippen molar-refractivity contribution in [1.29, 1.82) is 0 Å². The second-order valence-electron chi connectivity index (χ2n) is 3.84. The van der Waals surface area contributed by atoms with Crippen LogP contribution in [0.4, 0.5) is 5.69 Å². The summed E-state index contributed by atoms with van der Waals surface area (Å²) in [6.45, 7) is 2.20. The quantitative estimate of drug-likeness (QED) is 0.785. The predicted octanol–water partition coefficient (Wildman–Crippen LogP) is 1.63. The van der Waals surface area contributed by atoms with Gasteiger partial charge in [-0.15, -0.1) is 0 Å². The zero-order chi connectivity index (χ0) is 10.1. The first-order valence-electron chi connectivity index (χ1n) is 4.66. The molecule has 0 atom stereocenters. The van der Waals surface area contributed by atoms with Crippen molar-refractivity contribution in [3.63, 3.8) is 0 Å². The lowest BCUT2D eigenvalue weighted by atomic mass is 9.82. The molecule has 76 valence electrons. The summed E-state index contributed by atoms with van der Waals surface area (Å²) in [6, 6.07) is 0.436. The molecular weight excluding hydrogens is 202 g/mol. The van der Waals surface area contributed by atoms with Gasteiger partial charge in [0, 0.05) is 6.04 Å². The van der Waals surface area contributed by atoms with Gasteiger partial charge >= 0.3 is 0 Å². The van der Waals surface area contributed by atoms with Crippen molar-refractivity contribution in [1.82, 2.24) is 10.2 Å². The third-order valence-electron chi connectivity index (χ3n) is 2.53. The number of H-pyrrole nitrogens is 1. The number of hydrogen-bond acceptors (Lipinski definition) is 3. The van der Waals surface area contributed by atoms with E-state index in [1.54, 1.807) is 6.20 Å². The third-order valence-corrected chi connectivity index (χ3v) is 2.90. The van der Waals surface area contributed by atoms with Gasteiger partial charge in [-0.1, -0.05) is 18.5 Å². The molecule has 1 aromatic rings. The molecule has 1 aromatic heterocycles. The summed E-state index contributed by atoms with van der Waals surface area (Å²) in [5.74, 6) is 0.765. The number of halogens is 1. The van der Waals surface area contributed by atoms with E-state index in [1.165, 1.54) is 0 Å². The average Bonchev–Trinajstić information content (AvgIpc) is 2.10. The normalized spacial score (nSPS) is 25.6.